The Kier molecular flexibility index (Phi) is 7.90. The Hall–Kier alpha value is -2.65. The van der Waals surface area contributed by atoms with Gasteiger partial charge in [0.05, 0.1) is 11.5 Å². The maximum absolute atomic E-state index is 13.6. The summed E-state index contributed by atoms with van der Waals surface area (Å²) in [6, 6.07) is 13.9. The fourth-order valence-corrected chi connectivity index (χ4v) is 5.44. The van der Waals surface area contributed by atoms with Gasteiger partial charge < -0.3 is 14.5 Å². The van der Waals surface area contributed by atoms with E-state index in [9.17, 15) is 17.6 Å². The summed E-state index contributed by atoms with van der Waals surface area (Å²) in [6.45, 7) is 2.22. The molecule has 1 amide bonds. The third-order valence-electron chi connectivity index (χ3n) is 6.15. The van der Waals surface area contributed by atoms with Crippen LogP contribution in [0.5, 0.6) is 0 Å². The number of anilines is 1. The molecule has 1 saturated heterocycles. The third-order valence-corrected chi connectivity index (χ3v) is 7.94. The summed E-state index contributed by atoms with van der Waals surface area (Å²) in [4.78, 5) is 17.4. The summed E-state index contributed by atoms with van der Waals surface area (Å²) in [5.41, 5.74) is 2.99. The van der Waals surface area contributed by atoms with Crippen molar-refractivity contribution in [2.24, 2.45) is 0 Å². The van der Waals surface area contributed by atoms with E-state index in [4.69, 9.17) is 27.9 Å². The van der Waals surface area contributed by atoms with Crippen LogP contribution in [0.1, 0.15) is 15.9 Å². The van der Waals surface area contributed by atoms with E-state index < -0.39 is 15.7 Å². The standard InChI is InChI=1S/C26H25Cl2FN2O4S/c1-35-16-23-24(27)13-19(14-25(23)28)30-9-11-31(12-10-30)26(32)22-15-20(36(2,33)34)7-8-21(22)17-3-5-18(29)6-4-17/h3-8,13-15H,9-12,16H2,1-2H3. The van der Waals surface area contributed by atoms with Gasteiger partial charge in [0, 0.05) is 66.4 Å². The lowest BCUT2D eigenvalue weighted by atomic mass is 9.98. The van der Waals surface area contributed by atoms with Crippen LogP contribution < -0.4 is 4.90 Å². The molecular formula is C26H25Cl2FN2O4S. The van der Waals surface area contributed by atoms with Crippen LogP contribution in [0.25, 0.3) is 11.1 Å². The highest BCUT2D eigenvalue weighted by Crippen LogP contribution is 2.33. The first kappa shape index (κ1) is 26.4. The average Bonchev–Trinajstić information content (AvgIpc) is 2.85. The first-order valence-electron chi connectivity index (χ1n) is 11.2. The molecule has 1 aliphatic heterocycles. The summed E-state index contributed by atoms with van der Waals surface area (Å²) in [7, 11) is -1.96. The number of hydrogen-bond donors (Lipinski definition) is 0. The van der Waals surface area contributed by atoms with Crippen molar-refractivity contribution in [1.82, 2.24) is 4.90 Å². The lowest BCUT2D eigenvalue weighted by Crippen LogP contribution is -2.49. The number of amides is 1. The van der Waals surface area contributed by atoms with Crippen LogP contribution in [-0.2, 0) is 21.2 Å². The van der Waals surface area contributed by atoms with Crippen molar-refractivity contribution in [1.29, 1.82) is 0 Å². The molecule has 0 spiro atoms. The van der Waals surface area contributed by atoms with Gasteiger partial charge in [-0.2, -0.15) is 0 Å². The highest BCUT2D eigenvalue weighted by molar-refractivity contribution is 7.90. The molecular weight excluding hydrogens is 526 g/mol. The van der Waals surface area contributed by atoms with Gasteiger partial charge in [-0.25, -0.2) is 12.8 Å². The van der Waals surface area contributed by atoms with Crippen LogP contribution in [0.4, 0.5) is 10.1 Å². The summed E-state index contributed by atoms with van der Waals surface area (Å²) >= 11 is 12.8. The largest absolute Gasteiger partial charge is 0.380 e. The maximum Gasteiger partial charge on any atom is 0.254 e. The molecule has 6 nitrogen and oxygen atoms in total. The maximum atomic E-state index is 13.6. The topological polar surface area (TPSA) is 66.9 Å². The molecule has 190 valence electrons. The van der Waals surface area contributed by atoms with Crippen LogP contribution in [0, 0.1) is 5.82 Å². The first-order valence-corrected chi connectivity index (χ1v) is 13.8. The van der Waals surface area contributed by atoms with Crippen LogP contribution in [0.15, 0.2) is 59.5 Å². The van der Waals surface area contributed by atoms with E-state index in [1.54, 1.807) is 30.2 Å². The second-order valence-electron chi connectivity index (χ2n) is 8.59. The van der Waals surface area contributed by atoms with Crippen LogP contribution in [0.2, 0.25) is 10.0 Å². The molecule has 0 saturated carbocycles. The van der Waals surface area contributed by atoms with Crippen LogP contribution >= 0.6 is 23.2 Å². The number of sulfone groups is 1. The zero-order chi connectivity index (χ0) is 26.0. The normalized spacial score (nSPS) is 14.2. The van der Waals surface area contributed by atoms with Gasteiger partial charge >= 0.3 is 0 Å². The number of piperazine rings is 1. The predicted octanol–water partition coefficient (Wildman–Crippen LogP) is 5.31. The van der Waals surface area contributed by atoms with Gasteiger partial charge in [0.25, 0.3) is 5.91 Å². The summed E-state index contributed by atoms with van der Waals surface area (Å²) in [6.07, 6.45) is 1.10. The second kappa shape index (κ2) is 10.8. The SMILES string of the molecule is COCc1c(Cl)cc(N2CCN(C(=O)c3cc(S(C)(=O)=O)ccc3-c3ccc(F)cc3)CC2)cc1Cl. The molecule has 0 N–H and O–H groups in total. The molecule has 1 aliphatic rings. The molecule has 0 radical (unpaired) electrons. The summed E-state index contributed by atoms with van der Waals surface area (Å²) < 4.78 is 43.0. The fraction of sp³-hybridized carbons (Fsp3) is 0.269. The predicted molar refractivity (Wildman–Crippen MR) is 140 cm³/mol. The molecule has 3 aromatic carbocycles. The molecule has 0 unspecified atom stereocenters. The van der Waals surface area contributed by atoms with Gasteiger partial charge in [-0.05, 0) is 47.5 Å². The minimum atomic E-state index is -3.53. The van der Waals surface area contributed by atoms with Crippen LogP contribution in [0.3, 0.4) is 0 Å². The summed E-state index contributed by atoms with van der Waals surface area (Å²) in [5.74, 6) is -0.683. The zero-order valence-electron chi connectivity index (χ0n) is 19.8. The number of carbonyl (C=O) groups is 1. The molecule has 3 aromatic rings. The Morgan fingerprint density at radius 3 is 2.14 bits per heavy atom. The number of ether oxygens (including phenoxy) is 1. The Labute approximate surface area is 220 Å². The molecule has 0 atom stereocenters. The number of carbonyl (C=O) groups excluding carboxylic acids is 1. The molecule has 10 heteroatoms. The van der Waals surface area contributed by atoms with Gasteiger partial charge in [-0.1, -0.05) is 41.4 Å². The molecule has 4 rings (SSSR count). The monoisotopic (exact) mass is 550 g/mol. The third kappa shape index (κ3) is 5.67. The molecule has 1 heterocycles. The van der Waals surface area contributed by atoms with Crippen molar-refractivity contribution >= 4 is 44.6 Å². The first-order chi connectivity index (χ1) is 17.1. The van der Waals surface area contributed by atoms with Crippen molar-refractivity contribution in [3.8, 4) is 11.1 Å². The Morgan fingerprint density at radius 1 is 0.972 bits per heavy atom. The Bertz CT molecular complexity index is 1370. The van der Waals surface area contributed by atoms with E-state index in [0.29, 0.717) is 54.0 Å². The van der Waals surface area contributed by atoms with Gasteiger partial charge in [0.1, 0.15) is 5.82 Å². The van der Waals surface area contributed by atoms with Gasteiger partial charge in [-0.3, -0.25) is 4.79 Å². The average molecular weight is 551 g/mol. The summed E-state index contributed by atoms with van der Waals surface area (Å²) in [5, 5.41) is 1.03. The number of halogens is 3. The van der Waals surface area contributed by atoms with Crippen molar-refractivity contribution in [2.75, 3.05) is 44.4 Å². The second-order valence-corrected chi connectivity index (χ2v) is 11.4. The van der Waals surface area contributed by atoms with Crippen molar-refractivity contribution < 1.29 is 22.3 Å². The zero-order valence-corrected chi connectivity index (χ0v) is 22.1. The van der Waals surface area contributed by atoms with Crippen molar-refractivity contribution in [3.05, 3.63) is 81.6 Å². The van der Waals surface area contributed by atoms with E-state index in [-0.39, 0.29) is 16.4 Å². The van der Waals surface area contributed by atoms with Crippen molar-refractivity contribution in [2.45, 2.75) is 11.5 Å². The Morgan fingerprint density at radius 2 is 1.58 bits per heavy atom. The highest BCUT2D eigenvalue weighted by Gasteiger charge is 2.26. The molecule has 36 heavy (non-hydrogen) atoms. The van der Waals surface area contributed by atoms with E-state index in [2.05, 4.69) is 4.90 Å². The smallest absolute Gasteiger partial charge is 0.254 e. The molecule has 0 bridgehead atoms. The number of hydrogen-bond acceptors (Lipinski definition) is 5. The van der Waals surface area contributed by atoms with Gasteiger partial charge in [0.2, 0.25) is 0 Å². The van der Waals surface area contributed by atoms with E-state index in [1.165, 1.54) is 24.3 Å². The molecule has 0 aliphatic carbocycles. The minimum absolute atomic E-state index is 0.0516. The van der Waals surface area contributed by atoms with Crippen molar-refractivity contribution in [3.63, 3.8) is 0 Å². The fourth-order valence-electron chi connectivity index (χ4n) is 4.20. The van der Waals surface area contributed by atoms with E-state index in [1.807, 2.05) is 12.1 Å². The van der Waals surface area contributed by atoms with Crippen LogP contribution in [-0.4, -0.2) is 58.8 Å². The lowest BCUT2D eigenvalue weighted by Gasteiger charge is -2.36. The molecule has 0 aromatic heterocycles. The quantitative estimate of drug-likeness (QED) is 0.416. The number of methoxy groups -OCH3 is 1. The van der Waals surface area contributed by atoms with Gasteiger partial charge in [0.15, 0.2) is 9.84 Å². The van der Waals surface area contributed by atoms with E-state index >= 15 is 0 Å². The Balaban J connectivity index is 1.59. The van der Waals surface area contributed by atoms with E-state index in [0.717, 1.165) is 17.5 Å². The minimum Gasteiger partial charge on any atom is -0.380 e. The lowest BCUT2D eigenvalue weighted by molar-refractivity contribution is 0.0747. The molecule has 1 fully saturated rings. The number of benzene rings is 3. The highest BCUT2D eigenvalue weighted by atomic mass is 35.5. The number of nitrogens with zero attached hydrogens (tertiary/aromatic N) is 2. The number of rotatable bonds is 6. The van der Waals surface area contributed by atoms with Gasteiger partial charge in [-0.15, -0.1) is 0 Å².